The highest BCUT2D eigenvalue weighted by Gasteiger charge is 2.31. The van der Waals surface area contributed by atoms with Crippen molar-refractivity contribution in [3.05, 3.63) is 30.7 Å². The Balaban J connectivity index is 2.18. The maximum atomic E-state index is 11.9. The predicted molar refractivity (Wildman–Crippen MR) is 79.5 cm³/mol. The van der Waals surface area contributed by atoms with E-state index in [1.807, 2.05) is 17.9 Å². The molecule has 0 saturated carbocycles. The van der Waals surface area contributed by atoms with Gasteiger partial charge >= 0.3 is 0 Å². The Morgan fingerprint density at radius 3 is 2.85 bits per heavy atom. The van der Waals surface area contributed by atoms with Crippen LogP contribution in [0.25, 0.3) is 0 Å². The van der Waals surface area contributed by atoms with Gasteiger partial charge in [0, 0.05) is 25.8 Å². The summed E-state index contributed by atoms with van der Waals surface area (Å²) in [6.07, 6.45) is 3.18. The molecule has 0 bridgehead atoms. The van der Waals surface area contributed by atoms with Crippen molar-refractivity contribution in [2.24, 2.45) is 5.92 Å². The van der Waals surface area contributed by atoms with Crippen LogP contribution in [0.2, 0.25) is 0 Å². The lowest BCUT2D eigenvalue weighted by molar-refractivity contribution is -0.129. The molecule has 0 aromatic carbocycles. The standard InChI is InChI=1S/C15H22N4O/c1-5-15(20)19-9-8-18(10-13(19)11(2)3)14-6-7-16-12(4)17-14/h5-7,11,13H,1,8-10H2,2-4H3/t13-/m1/s1. The van der Waals surface area contributed by atoms with E-state index in [-0.39, 0.29) is 11.9 Å². The fraction of sp³-hybridized carbons (Fsp3) is 0.533. The predicted octanol–water partition coefficient (Wildman–Crippen LogP) is 1.64. The van der Waals surface area contributed by atoms with Crippen molar-refractivity contribution < 1.29 is 4.79 Å². The Labute approximate surface area is 120 Å². The monoisotopic (exact) mass is 274 g/mol. The number of nitrogens with zero attached hydrogens (tertiary/aromatic N) is 4. The van der Waals surface area contributed by atoms with Crippen molar-refractivity contribution in [2.75, 3.05) is 24.5 Å². The van der Waals surface area contributed by atoms with Crippen LogP contribution in [-0.2, 0) is 4.79 Å². The van der Waals surface area contributed by atoms with Gasteiger partial charge in [-0.3, -0.25) is 4.79 Å². The van der Waals surface area contributed by atoms with E-state index in [9.17, 15) is 4.79 Å². The molecule has 20 heavy (non-hydrogen) atoms. The van der Waals surface area contributed by atoms with E-state index in [0.717, 1.165) is 24.7 Å². The van der Waals surface area contributed by atoms with Crippen molar-refractivity contribution in [3.63, 3.8) is 0 Å². The summed E-state index contributed by atoms with van der Waals surface area (Å²) in [4.78, 5) is 24.7. The third-order valence-electron chi connectivity index (χ3n) is 3.73. The number of aromatic nitrogens is 2. The summed E-state index contributed by atoms with van der Waals surface area (Å²) in [6.45, 7) is 12.1. The molecule has 0 unspecified atom stereocenters. The number of piperazine rings is 1. The van der Waals surface area contributed by atoms with Crippen LogP contribution in [-0.4, -0.2) is 46.5 Å². The molecule has 1 fully saturated rings. The molecule has 108 valence electrons. The summed E-state index contributed by atoms with van der Waals surface area (Å²) in [6, 6.07) is 2.11. The molecule has 0 aliphatic carbocycles. The van der Waals surface area contributed by atoms with Crippen LogP contribution >= 0.6 is 0 Å². The molecule has 1 aromatic heterocycles. The maximum absolute atomic E-state index is 11.9. The lowest BCUT2D eigenvalue weighted by atomic mass is 9.99. The Bertz CT molecular complexity index is 500. The first-order valence-electron chi connectivity index (χ1n) is 7.00. The highest BCUT2D eigenvalue weighted by atomic mass is 16.2. The minimum absolute atomic E-state index is 0.0159. The highest BCUT2D eigenvalue weighted by Crippen LogP contribution is 2.21. The SMILES string of the molecule is C=CC(=O)N1CCN(c2ccnc(C)n2)C[C@@H]1C(C)C. The van der Waals surface area contributed by atoms with Gasteiger partial charge in [0.2, 0.25) is 5.91 Å². The van der Waals surface area contributed by atoms with Crippen LogP contribution in [0.4, 0.5) is 5.82 Å². The summed E-state index contributed by atoms with van der Waals surface area (Å²) >= 11 is 0. The van der Waals surface area contributed by atoms with Crippen LogP contribution in [0.5, 0.6) is 0 Å². The van der Waals surface area contributed by atoms with E-state index in [4.69, 9.17) is 0 Å². The molecule has 2 rings (SSSR count). The van der Waals surface area contributed by atoms with Crippen molar-refractivity contribution in [3.8, 4) is 0 Å². The second-order valence-corrected chi connectivity index (χ2v) is 5.46. The molecule has 5 heteroatoms. The third-order valence-corrected chi connectivity index (χ3v) is 3.73. The number of amides is 1. The Morgan fingerprint density at radius 2 is 2.25 bits per heavy atom. The minimum atomic E-state index is 0.0159. The van der Waals surface area contributed by atoms with Crippen molar-refractivity contribution in [1.29, 1.82) is 0 Å². The Morgan fingerprint density at radius 1 is 1.50 bits per heavy atom. The molecule has 2 heterocycles. The molecule has 1 atom stereocenters. The molecular formula is C15H22N4O. The highest BCUT2D eigenvalue weighted by molar-refractivity contribution is 5.87. The molecule has 1 aliphatic heterocycles. The average molecular weight is 274 g/mol. The second-order valence-electron chi connectivity index (χ2n) is 5.46. The smallest absolute Gasteiger partial charge is 0.246 e. The molecule has 1 aromatic rings. The summed E-state index contributed by atoms with van der Waals surface area (Å²) < 4.78 is 0. The van der Waals surface area contributed by atoms with Crippen LogP contribution < -0.4 is 4.90 Å². The molecule has 0 radical (unpaired) electrons. The zero-order valence-corrected chi connectivity index (χ0v) is 12.4. The average Bonchev–Trinajstić information content (AvgIpc) is 2.45. The van der Waals surface area contributed by atoms with E-state index in [1.165, 1.54) is 6.08 Å². The van der Waals surface area contributed by atoms with Crippen LogP contribution in [0.1, 0.15) is 19.7 Å². The van der Waals surface area contributed by atoms with E-state index >= 15 is 0 Å². The van der Waals surface area contributed by atoms with Crippen molar-refractivity contribution >= 4 is 11.7 Å². The number of rotatable bonds is 3. The molecule has 0 spiro atoms. The van der Waals surface area contributed by atoms with E-state index < -0.39 is 0 Å². The Hall–Kier alpha value is -1.91. The lowest BCUT2D eigenvalue weighted by Gasteiger charge is -2.43. The summed E-state index contributed by atoms with van der Waals surface area (Å²) in [5, 5.41) is 0. The van der Waals surface area contributed by atoms with Gasteiger partial charge in [0.15, 0.2) is 0 Å². The zero-order chi connectivity index (χ0) is 14.7. The van der Waals surface area contributed by atoms with Crippen molar-refractivity contribution in [2.45, 2.75) is 26.8 Å². The quantitative estimate of drug-likeness (QED) is 0.786. The van der Waals surface area contributed by atoms with E-state index in [1.54, 1.807) is 6.20 Å². The number of anilines is 1. The summed E-state index contributed by atoms with van der Waals surface area (Å²) in [5.41, 5.74) is 0. The number of aryl methyl sites for hydroxylation is 1. The topological polar surface area (TPSA) is 49.3 Å². The van der Waals surface area contributed by atoms with Gasteiger partial charge in [-0.2, -0.15) is 0 Å². The normalized spacial score (nSPS) is 19.3. The van der Waals surface area contributed by atoms with Gasteiger partial charge in [0.05, 0.1) is 6.04 Å². The van der Waals surface area contributed by atoms with Gasteiger partial charge < -0.3 is 9.80 Å². The first kappa shape index (κ1) is 14.5. The minimum Gasteiger partial charge on any atom is -0.353 e. The molecule has 1 amide bonds. The Kier molecular flexibility index (Phi) is 4.37. The first-order valence-corrected chi connectivity index (χ1v) is 7.00. The van der Waals surface area contributed by atoms with Gasteiger partial charge in [-0.05, 0) is 25.0 Å². The van der Waals surface area contributed by atoms with Crippen LogP contribution in [0, 0.1) is 12.8 Å². The molecular weight excluding hydrogens is 252 g/mol. The first-order chi connectivity index (χ1) is 9.52. The lowest BCUT2D eigenvalue weighted by Crippen LogP contribution is -2.57. The van der Waals surface area contributed by atoms with Gasteiger partial charge in [-0.1, -0.05) is 20.4 Å². The molecule has 5 nitrogen and oxygen atoms in total. The van der Waals surface area contributed by atoms with Gasteiger partial charge in [0.1, 0.15) is 11.6 Å². The van der Waals surface area contributed by atoms with Crippen LogP contribution in [0.3, 0.4) is 0 Å². The number of hydrogen-bond donors (Lipinski definition) is 0. The van der Waals surface area contributed by atoms with E-state index in [0.29, 0.717) is 12.5 Å². The summed E-state index contributed by atoms with van der Waals surface area (Å²) in [5.74, 6) is 2.12. The maximum Gasteiger partial charge on any atom is 0.246 e. The molecule has 1 aliphatic rings. The fourth-order valence-electron chi connectivity index (χ4n) is 2.60. The fourth-order valence-corrected chi connectivity index (χ4v) is 2.60. The number of carbonyl (C=O) groups excluding carboxylic acids is 1. The second kappa shape index (κ2) is 6.03. The molecule has 1 saturated heterocycles. The third kappa shape index (κ3) is 2.98. The largest absolute Gasteiger partial charge is 0.353 e. The van der Waals surface area contributed by atoms with Crippen molar-refractivity contribution in [1.82, 2.24) is 14.9 Å². The van der Waals surface area contributed by atoms with E-state index in [2.05, 4.69) is 35.3 Å². The molecule has 0 N–H and O–H groups in total. The summed E-state index contributed by atoms with van der Waals surface area (Å²) in [7, 11) is 0. The zero-order valence-electron chi connectivity index (χ0n) is 12.4. The van der Waals surface area contributed by atoms with Crippen LogP contribution in [0.15, 0.2) is 24.9 Å². The van der Waals surface area contributed by atoms with Gasteiger partial charge in [-0.25, -0.2) is 9.97 Å². The number of carbonyl (C=O) groups is 1. The number of hydrogen-bond acceptors (Lipinski definition) is 4. The van der Waals surface area contributed by atoms with Gasteiger partial charge in [0.25, 0.3) is 0 Å². The van der Waals surface area contributed by atoms with Gasteiger partial charge in [-0.15, -0.1) is 0 Å².